The Kier molecular flexibility index (Phi) is 8.66. The van der Waals surface area contributed by atoms with E-state index in [9.17, 15) is 31.9 Å². The maximum absolute atomic E-state index is 14.8. The van der Waals surface area contributed by atoms with Crippen LogP contribution in [0.3, 0.4) is 0 Å². The van der Waals surface area contributed by atoms with E-state index in [0.717, 1.165) is 31.2 Å². The van der Waals surface area contributed by atoms with Crippen LogP contribution in [-0.2, 0) is 11.2 Å². The van der Waals surface area contributed by atoms with E-state index in [1.165, 1.54) is 58.7 Å². The highest BCUT2D eigenvalue weighted by molar-refractivity contribution is 7.22. The summed E-state index contributed by atoms with van der Waals surface area (Å²) in [6.07, 6.45) is 0.298. The van der Waals surface area contributed by atoms with Crippen molar-refractivity contribution in [2.75, 3.05) is 48.0 Å². The standard InChI is InChI=1S/C40H30ClF4N5O4S/c41-29-15-23(43)14-27-31-26-7-10-50(30-16-22(42)3-6-25(30)33(26)55-34(31)38(52)48-32(27)29)39(53)20-1-4-24(5-2-20)47-37(51)28-13-21(35(44)45)17-46-36(28)49-18-40(19-49)8-11-54-12-9-40/h1-6,13-17,35H,7-12,18-19H2,(H,47,51)(H,48,52). The number of benzene rings is 3. The third-order valence-corrected chi connectivity index (χ3v) is 12.3. The lowest BCUT2D eigenvalue weighted by Gasteiger charge is -2.53. The Labute approximate surface area is 319 Å². The molecule has 1 spiro atoms. The molecule has 0 aliphatic carbocycles. The second-order valence-corrected chi connectivity index (χ2v) is 15.6. The van der Waals surface area contributed by atoms with Crippen molar-refractivity contribution in [1.82, 2.24) is 9.97 Å². The maximum atomic E-state index is 14.8. The molecule has 2 fully saturated rings. The summed E-state index contributed by atoms with van der Waals surface area (Å²) in [4.78, 5) is 52.1. The summed E-state index contributed by atoms with van der Waals surface area (Å²) in [5, 5.41) is 3.77. The van der Waals surface area contributed by atoms with Crippen LogP contribution in [-0.4, -0.2) is 54.6 Å². The van der Waals surface area contributed by atoms with E-state index in [-0.39, 0.29) is 40.1 Å². The van der Waals surface area contributed by atoms with Gasteiger partial charge in [0.15, 0.2) is 0 Å². The molecule has 0 unspecified atom stereocenters. The highest BCUT2D eigenvalue weighted by atomic mass is 35.5. The molecule has 3 aliphatic rings. The number of carbonyl (C=O) groups is 2. The van der Waals surface area contributed by atoms with Gasteiger partial charge in [0.2, 0.25) is 0 Å². The van der Waals surface area contributed by atoms with Crippen LogP contribution in [0, 0.1) is 17.0 Å². The molecule has 0 saturated carbocycles. The van der Waals surface area contributed by atoms with Gasteiger partial charge in [0.05, 0.1) is 21.8 Å². The van der Waals surface area contributed by atoms with E-state index in [1.807, 2.05) is 4.90 Å². The number of rotatable bonds is 5. The molecule has 0 radical (unpaired) electrons. The van der Waals surface area contributed by atoms with E-state index in [1.54, 1.807) is 6.07 Å². The SMILES string of the molecule is O=C(Nc1ccc(C(=O)N2CCc3c(sc4c(=O)[nH]c5c(Cl)cc(F)cc5c34)-c3ccc(F)cc32)cc1)c1cc(C(F)F)cnc1N1CC2(CCOCC2)C1. The van der Waals surface area contributed by atoms with Gasteiger partial charge in [-0.3, -0.25) is 14.4 Å². The van der Waals surface area contributed by atoms with Gasteiger partial charge in [-0.05, 0) is 85.5 Å². The molecule has 6 heterocycles. The molecule has 55 heavy (non-hydrogen) atoms. The van der Waals surface area contributed by atoms with Crippen LogP contribution in [0.25, 0.3) is 31.4 Å². The second kappa shape index (κ2) is 13.5. The molecule has 2 N–H and O–H groups in total. The Bertz CT molecular complexity index is 2620. The van der Waals surface area contributed by atoms with Crippen molar-refractivity contribution in [3.63, 3.8) is 0 Å². The maximum Gasteiger partial charge on any atom is 0.266 e. The second-order valence-electron chi connectivity index (χ2n) is 14.2. The number of anilines is 3. The molecule has 9 rings (SSSR count). The number of hydrogen-bond donors (Lipinski definition) is 2. The number of nitrogens with zero attached hydrogens (tertiary/aromatic N) is 3. The Balaban J connectivity index is 0.999. The Morgan fingerprint density at radius 1 is 1.00 bits per heavy atom. The van der Waals surface area contributed by atoms with Crippen molar-refractivity contribution < 1.29 is 31.9 Å². The van der Waals surface area contributed by atoms with Gasteiger partial charge in [-0.2, -0.15) is 0 Å². The van der Waals surface area contributed by atoms with Gasteiger partial charge in [-0.25, -0.2) is 22.5 Å². The Hall–Kier alpha value is -5.31. The van der Waals surface area contributed by atoms with Crippen LogP contribution in [0.5, 0.6) is 0 Å². The smallest absolute Gasteiger partial charge is 0.266 e. The number of fused-ring (bicyclic) bond motifs is 7. The number of hydrogen-bond acceptors (Lipinski definition) is 7. The van der Waals surface area contributed by atoms with E-state index >= 15 is 0 Å². The first-order chi connectivity index (χ1) is 26.5. The average Bonchev–Trinajstić information content (AvgIpc) is 3.47. The first kappa shape index (κ1) is 35.4. The normalized spacial score (nSPS) is 16.3. The molecule has 0 atom stereocenters. The van der Waals surface area contributed by atoms with Gasteiger partial charge in [-0.1, -0.05) is 11.6 Å². The quantitative estimate of drug-likeness (QED) is 0.169. The zero-order chi connectivity index (χ0) is 38.2. The summed E-state index contributed by atoms with van der Waals surface area (Å²) in [6.45, 7) is 2.70. The molecule has 3 aliphatic heterocycles. The fourth-order valence-electron chi connectivity index (χ4n) is 8.01. The van der Waals surface area contributed by atoms with Crippen molar-refractivity contribution in [3.05, 3.63) is 116 Å². The molecule has 6 aromatic rings. The minimum Gasteiger partial charge on any atom is -0.381 e. The van der Waals surface area contributed by atoms with Crippen molar-refractivity contribution in [2.24, 2.45) is 5.41 Å². The average molecular weight is 788 g/mol. The number of ether oxygens (including phenoxy) is 1. The van der Waals surface area contributed by atoms with Crippen molar-refractivity contribution in [2.45, 2.75) is 25.7 Å². The highest BCUT2D eigenvalue weighted by Gasteiger charge is 2.45. The molecule has 2 saturated heterocycles. The summed E-state index contributed by atoms with van der Waals surface area (Å²) in [5.74, 6) is -1.89. The fourth-order valence-corrected chi connectivity index (χ4v) is 9.55. The molecule has 280 valence electrons. The van der Waals surface area contributed by atoms with Crippen molar-refractivity contribution in [1.29, 1.82) is 0 Å². The van der Waals surface area contributed by atoms with E-state index in [0.29, 0.717) is 80.5 Å². The zero-order valence-electron chi connectivity index (χ0n) is 28.9. The number of thiophene rings is 1. The van der Waals surface area contributed by atoms with Crippen LogP contribution < -0.4 is 20.7 Å². The number of alkyl halides is 2. The highest BCUT2D eigenvalue weighted by Crippen LogP contribution is 2.47. The molecule has 2 amide bonds. The third kappa shape index (κ3) is 6.12. The van der Waals surface area contributed by atoms with E-state index in [2.05, 4.69) is 15.3 Å². The van der Waals surface area contributed by atoms with Crippen LogP contribution >= 0.6 is 22.9 Å². The number of aromatic amines is 1. The molecule has 0 bridgehead atoms. The zero-order valence-corrected chi connectivity index (χ0v) is 30.4. The monoisotopic (exact) mass is 787 g/mol. The summed E-state index contributed by atoms with van der Waals surface area (Å²) < 4.78 is 62.8. The lowest BCUT2D eigenvalue weighted by molar-refractivity contribution is -0.000522. The molecule has 3 aromatic heterocycles. The predicted octanol–water partition coefficient (Wildman–Crippen LogP) is 8.75. The van der Waals surface area contributed by atoms with Gasteiger partial charge in [-0.15, -0.1) is 11.3 Å². The molecular weight excluding hydrogens is 758 g/mol. The van der Waals surface area contributed by atoms with Gasteiger partial charge in [0.25, 0.3) is 23.8 Å². The van der Waals surface area contributed by atoms with Crippen LogP contribution in [0.4, 0.5) is 34.8 Å². The Morgan fingerprint density at radius 2 is 1.76 bits per heavy atom. The lowest BCUT2D eigenvalue weighted by Crippen LogP contribution is -2.59. The third-order valence-electron chi connectivity index (χ3n) is 10.8. The number of pyridine rings is 2. The van der Waals surface area contributed by atoms with E-state index < -0.39 is 35.4 Å². The van der Waals surface area contributed by atoms with Crippen LogP contribution in [0.1, 0.15) is 51.1 Å². The first-order valence-electron chi connectivity index (χ1n) is 17.6. The number of carbonyl (C=O) groups excluding carboxylic acids is 2. The number of H-pyrrole nitrogens is 1. The first-order valence-corrected chi connectivity index (χ1v) is 18.8. The molecule has 3 aromatic carbocycles. The van der Waals surface area contributed by atoms with Gasteiger partial charge in [0, 0.05) is 82.5 Å². The Morgan fingerprint density at radius 3 is 2.51 bits per heavy atom. The minimum absolute atomic E-state index is 0.0165. The summed E-state index contributed by atoms with van der Waals surface area (Å²) in [5.41, 5.74) is 1.70. The number of amides is 2. The minimum atomic E-state index is -2.82. The molecular formula is C40H30ClF4N5O4S. The predicted molar refractivity (Wildman–Crippen MR) is 204 cm³/mol. The number of aromatic nitrogens is 2. The van der Waals surface area contributed by atoms with Crippen LogP contribution in [0.15, 0.2) is 71.7 Å². The summed E-state index contributed by atoms with van der Waals surface area (Å²) in [7, 11) is 0. The molecule has 15 heteroatoms. The van der Waals surface area contributed by atoms with Crippen molar-refractivity contribution in [3.8, 4) is 10.4 Å². The van der Waals surface area contributed by atoms with Crippen LogP contribution in [0.2, 0.25) is 5.02 Å². The number of halogens is 5. The van der Waals surface area contributed by atoms with Crippen molar-refractivity contribution >= 4 is 72.9 Å². The van der Waals surface area contributed by atoms with Gasteiger partial charge < -0.3 is 24.8 Å². The fraction of sp³-hybridized carbons (Fsp3) is 0.250. The van der Waals surface area contributed by atoms with Gasteiger partial charge in [0.1, 0.15) is 22.2 Å². The lowest BCUT2D eigenvalue weighted by atomic mass is 9.73. The molecule has 9 nitrogen and oxygen atoms in total. The largest absolute Gasteiger partial charge is 0.381 e. The topological polar surface area (TPSA) is 108 Å². The number of nitrogens with one attached hydrogen (secondary N) is 2. The van der Waals surface area contributed by atoms with Gasteiger partial charge >= 0.3 is 0 Å². The van der Waals surface area contributed by atoms with E-state index in [4.69, 9.17) is 16.3 Å². The summed E-state index contributed by atoms with van der Waals surface area (Å²) in [6, 6.07) is 13.8. The summed E-state index contributed by atoms with van der Waals surface area (Å²) >= 11 is 7.51.